The largest absolute Gasteiger partial charge is 0.387 e. The third-order valence-electron chi connectivity index (χ3n) is 2.25. The zero-order valence-corrected chi connectivity index (χ0v) is 7.41. The third-order valence-corrected chi connectivity index (χ3v) is 2.55. The standard InChI is InChI=1S/C8H9ClN2O/c1-4-2-5(12)7-6(4)8(9)11-3-10-7/h3-5,12H,2H2,1H3. The minimum absolute atomic E-state index is 0.267. The number of hydrogen-bond acceptors (Lipinski definition) is 3. The van der Waals surface area contributed by atoms with Gasteiger partial charge in [-0.3, -0.25) is 0 Å². The summed E-state index contributed by atoms with van der Waals surface area (Å²) in [5, 5.41) is 10.0. The number of aliphatic hydroxyl groups excluding tert-OH is 1. The van der Waals surface area contributed by atoms with Gasteiger partial charge in [0, 0.05) is 5.56 Å². The van der Waals surface area contributed by atoms with E-state index in [1.165, 1.54) is 6.33 Å². The van der Waals surface area contributed by atoms with Crippen LogP contribution in [-0.4, -0.2) is 15.1 Å². The van der Waals surface area contributed by atoms with Gasteiger partial charge in [0.05, 0.1) is 11.8 Å². The van der Waals surface area contributed by atoms with Crippen LogP contribution < -0.4 is 0 Å². The van der Waals surface area contributed by atoms with E-state index in [2.05, 4.69) is 9.97 Å². The van der Waals surface area contributed by atoms with Crippen LogP contribution in [0.2, 0.25) is 5.15 Å². The van der Waals surface area contributed by atoms with E-state index in [0.29, 0.717) is 17.3 Å². The number of nitrogens with zero attached hydrogens (tertiary/aromatic N) is 2. The Balaban J connectivity index is 2.59. The molecule has 1 heterocycles. The number of halogens is 1. The van der Waals surface area contributed by atoms with Gasteiger partial charge >= 0.3 is 0 Å². The molecule has 3 nitrogen and oxygen atoms in total. The van der Waals surface area contributed by atoms with Crippen molar-refractivity contribution in [1.29, 1.82) is 0 Å². The van der Waals surface area contributed by atoms with Gasteiger partial charge in [-0.1, -0.05) is 18.5 Å². The summed E-state index contributed by atoms with van der Waals surface area (Å²) in [6.45, 7) is 2.02. The van der Waals surface area contributed by atoms with Gasteiger partial charge in [-0.15, -0.1) is 0 Å². The molecule has 0 aromatic carbocycles. The van der Waals surface area contributed by atoms with Crippen LogP contribution in [0.15, 0.2) is 6.33 Å². The lowest BCUT2D eigenvalue weighted by molar-refractivity contribution is 0.170. The fourth-order valence-electron chi connectivity index (χ4n) is 1.67. The number of hydrogen-bond donors (Lipinski definition) is 1. The van der Waals surface area contributed by atoms with E-state index >= 15 is 0 Å². The van der Waals surface area contributed by atoms with Gasteiger partial charge in [0.1, 0.15) is 11.5 Å². The molecule has 12 heavy (non-hydrogen) atoms. The summed E-state index contributed by atoms with van der Waals surface area (Å²) in [6, 6.07) is 0. The molecule has 2 atom stereocenters. The van der Waals surface area contributed by atoms with Crippen molar-refractivity contribution in [1.82, 2.24) is 9.97 Å². The highest BCUT2D eigenvalue weighted by Gasteiger charge is 2.30. The number of aromatic nitrogens is 2. The molecule has 0 saturated heterocycles. The molecule has 4 heteroatoms. The first-order valence-corrected chi connectivity index (χ1v) is 4.26. The predicted molar refractivity (Wildman–Crippen MR) is 45.0 cm³/mol. The second-order valence-corrected chi connectivity index (χ2v) is 3.47. The van der Waals surface area contributed by atoms with Gasteiger partial charge in [-0.25, -0.2) is 9.97 Å². The third kappa shape index (κ3) is 1.01. The first-order chi connectivity index (χ1) is 5.70. The predicted octanol–water partition coefficient (Wildman–Crippen LogP) is 1.67. The van der Waals surface area contributed by atoms with Crippen LogP contribution in [0.25, 0.3) is 0 Å². The second-order valence-electron chi connectivity index (χ2n) is 3.12. The normalized spacial score (nSPS) is 27.2. The van der Waals surface area contributed by atoms with Crippen LogP contribution in [0.1, 0.15) is 36.6 Å². The van der Waals surface area contributed by atoms with E-state index in [9.17, 15) is 5.11 Å². The first kappa shape index (κ1) is 7.95. The van der Waals surface area contributed by atoms with E-state index in [1.807, 2.05) is 6.92 Å². The van der Waals surface area contributed by atoms with Crippen LogP contribution in [-0.2, 0) is 0 Å². The zero-order valence-electron chi connectivity index (χ0n) is 6.66. The highest BCUT2D eigenvalue weighted by molar-refractivity contribution is 6.30. The molecule has 1 aliphatic rings. The first-order valence-electron chi connectivity index (χ1n) is 3.88. The Bertz CT molecular complexity index is 316. The highest BCUT2D eigenvalue weighted by Crippen LogP contribution is 2.40. The second kappa shape index (κ2) is 2.68. The van der Waals surface area contributed by atoms with E-state index in [1.54, 1.807) is 0 Å². The van der Waals surface area contributed by atoms with E-state index in [-0.39, 0.29) is 5.92 Å². The molecule has 1 aromatic rings. The Morgan fingerprint density at radius 3 is 3.00 bits per heavy atom. The van der Waals surface area contributed by atoms with Gasteiger partial charge in [0.2, 0.25) is 0 Å². The molecule has 0 amide bonds. The van der Waals surface area contributed by atoms with Crippen molar-refractivity contribution in [3.8, 4) is 0 Å². The Morgan fingerprint density at radius 1 is 1.58 bits per heavy atom. The molecule has 1 N–H and O–H groups in total. The molecule has 0 radical (unpaired) electrons. The van der Waals surface area contributed by atoms with Crippen molar-refractivity contribution in [2.45, 2.75) is 25.4 Å². The number of fused-ring (bicyclic) bond motifs is 1. The van der Waals surface area contributed by atoms with Crippen LogP contribution >= 0.6 is 11.6 Å². The van der Waals surface area contributed by atoms with Crippen molar-refractivity contribution >= 4 is 11.6 Å². The van der Waals surface area contributed by atoms with Gasteiger partial charge in [0.15, 0.2) is 0 Å². The van der Waals surface area contributed by atoms with Crippen LogP contribution in [0.3, 0.4) is 0 Å². The molecule has 1 aliphatic carbocycles. The minimum Gasteiger partial charge on any atom is -0.387 e. The average Bonchev–Trinajstić information content (AvgIpc) is 2.29. The molecule has 0 aliphatic heterocycles. The Hall–Kier alpha value is -0.670. The molecule has 1 aromatic heterocycles. The SMILES string of the molecule is CC1CC(O)c2ncnc(Cl)c21. The summed E-state index contributed by atoms with van der Waals surface area (Å²) in [7, 11) is 0. The lowest BCUT2D eigenvalue weighted by Gasteiger charge is -2.03. The number of rotatable bonds is 0. The highest BCUT2D eigenvalue weighted by atomic mass is 35.5. The topological polar surface area (TPSA) is 46.0 Å². The van der Waals surface area contributed by atoms with Crippen molar-refractivity contribution in [2.75, 3.05) is 0 Å². The summed E-state index contributed by atoms with van der Waals surface area (Å²) in [5.41, 5.74) is 1.61. The van der Waals surface area contributed by atoms with Crippen molar-refractivity contribution in [2.24, 2.45) is 0 Å². The average molecular weight is 185 g/mol. The van der Waals surface area contributed by atoms with Gasteiger partial charge in [0.25, 0.3) is 0 Å². The fourth-order valence-corrected chi connectivity index (χ4v) is 2.00. The molecular formula is C8H9ClN2O. The molecule has 2 rings (SSSR count). The quantitative estimate of drug-likeness (QED) is 0.624. The maximum absolute atomic E-state index is 9.53. The summed E-state index contributed by atoms with van der Waals surface area (Å²) in [4.78, 5) is 7.88. The lowest BCUT2D eigenvalue weighted by Crippen LogP contribution is -1.96. The maximum Gasteiger partial charge on any atom is 0.136 e. The smallest absolute Gasteiger partial charge is 0.136 e. The molecule has 0 bridgehead atoms. The summed E-state index contributed by atoms with van der Waals surface area (Å²) < 4.78 is 0. The van der Waals surface area contributed by atoms with E-state index < -0.39 is 6.10 Å². The van der Waals surface area contributed by atoms with Crippen LogP contribution in [0.5, 0.6) is 0 Å². The molecule has 0 spiro atoms. The Morgan fingerprint density at radius 2 is 2.33 bits per heavy atom. The Labute approximate surface area is 75.4 Å². The minimum atomic E-state index is -0.463. The maximum atomic E-state index is 9.53. The number of aliphatic hydroxyl groups is 1. The summed E-state index contributed by atoms with van der Waals surface area (Å²) in [5.74, 6) is 0.267. The van der Waals surface area contributed by atoms with Crippen molar-refractivity contribution in [3.05, 3.63) is 22.7 Å². The van der Waals surface area contributed by atoms with Gasteiger partial charge < -0.3 is 5.11 Å². The monoisotopic (exact) mass is 184 g/mol. The zero-order chi connectivity index (χ0) is 8.72. The van der Waals surface area contributed by atoms with Crippen molar-refractivity contribution in [3.63, 3.8) is 0 Å². The lowest BCUT2D eigenvalue weighted by atomic mass is 10.1. The van der Waals surface area contributed by atoms with Crippen LogP contribution in [0, 0.1) is 0 Å². The summed E-state index contributed by atoms with van der Waals surface area (Å²) in [6.07, 6.45) is 1.63. The molecule has 2 unspecified atom stereocenters. The van der Waals surface area contributed by atoms with Crippen LogP contribution in [0.4, 0.5) is 0 Å². The van der Waals surface area contributed by atoms with Gasteiger partial charge in [-0.05, 0) is 12.3 Å². The molecule has 0 saturated carbocycles. The van der Waals surface area contributed by atoms with E-state index in [0.717, 1.165) is 5.56 Å². The fraction of sp³-hybridized carbons (Fsp3) is 0.500. The van der Waals surface area contributed by atoms with Gasteiger partial charge in [-0.2, -0.15) is 0 Å². The molecular weight excluding hydrogens is 176 g/mol. The summed E-state index contributed by atoms with van der Waals surface area (Å²) >= 11 is 5.87. The van der Waals surface area contributed by atoms with Crippen molar-refractivity contribution < 1.29 is 5.11 Å². The Kier molecular flexibility index (Phi) is 1.77. The molecule has 64 valence electrons. The van der Waals surface area contributed by atoms with E-state index in [4.69, 9.17) is 11.6 Å². The molecule has 0 fully saturated rings.